The van der Waals surface area contributed by atoms with Crippen LogP contribution in [-0.4, -0.2) is 23.8 Å². The van der Waals surface area contributed by atoms with Gasteiger partial charge in [0.1, 0.15) is 12.6 Å². The van der Waals surface area contributed by atoms with Crippen molar-refractivity contribution in [3.8, 4) is 0 Å². The van der Waals surface area contributed by atoms with E-state index in [1.54, 1.807) is 0 Å². The van der Waals surface area contributed by atoms with E-state index in [-0.39, 0.29) is 11.3 Å². The molecular weight excluding hydrogens is 288 g/mol. The first-order valence-corrected chi connectivity index (χ1v) is 8.71. The zero-order valence-electron chi connectivity index (χ0n) is 14.8. The van der Waals surface area contributed by atoms with E-state index in [4.69, 9.17) is 0 Å². The van der Waals surface area contributed by atoms with Crippen LogP contribution in [0.15, 0.2) is 23.3 Å². The largest absolute Gasteiger partial charge is 0.393 e. The molecule has 0 unspecified atom stereocenters. The van der Waals surface area contributed by atoms with Crippen molar-refractivity contribution in [2.75, 3.05) is 0 Å². The Morgan fingerprint density at radius 3 is 2.61 bits per heavy atom. The highest BCUT2D eigenvalue weighted by Crippen LogP contribution is 2.60. The second kappa shape index (κ2) is 6.72. The smallest absolute Gasteiger partial charge is 0.146 e. The molecule has 0 bridgehead atoms. The molecule has 3 heteroatoms. The fraction of sp³-hybridized carbons (Fsp3) is 0.700. The summed E-state index contributed by atoms with van der Waals surface area (Å²) in [5.74, 6) is -0.264. The minimum Gasteiger partial charge on any atom is -0.393 e. The fourth-order valence-electron chi connectivity index (χ4n) is 4.97. The van der Waals surface area contributed by atoms with Crippen molar-refractivity contribution in [3.05, 3.63) is 23.3 Å². The van der Waals surface area contributed by atoms with Crippen LogP contribution < -0.4 is 0 Å². The molecule has 23 heavy (non-hydrogen) atoms. The van der Waals surface area contributed by atoms with Crippen LogP contribution >= 0.6 is 0 Å². The lowest BCUT2D eigenvalue weighted by Crippen LogP contribution is -2.57. The minimum absolute atomic E-state index is 0.0894. The third-order valence-corrected chi connectivity index (χ3v) is 6.46. The number of aldehydes is 2. The molecule has 1 N–H and O–H groups in total. The zero-order valence-corrected chi connectivity index (χ0v) is 14.8. The molecule has 0 aliphatic heterocycles. The molecular formula is C20H30O3. The standard InChI is InChI=1S/C20H30O3/c1-14(2)6-5-10-19(3)11-9-18(23)20(4)16(13-22)15(12-21)7-8-17(19)20/h6-7,12-13,16-18,23H,5,8-11H2,1-4H3/t16-,17-,18+,19+,20+/m0/s1. The molecule has 0 heterocycles. The Labute approximate surface area is 139 Å². The number of aliphatic hydroxyl groups excluding tert-OH is 1. The molecule has 0 amide bonds. The topological polar surface area (TPSA) is 54.4 Å². The maximum absolute atomic E-state index is 11.7. The quantitative estimate of drug-likeness (QED) is 0.618. The Morgan fingerprint density at radius 1 is 1.35 bits per heavy atom. The summed E-state index contributed by atoms with van der Waals surface area (Å²) < 4.78 is 0. The predicted molar refractivity (Wildman–Crippen MR) is 91.9 cm³/mol. The second-order valence-electron chi connectivity index (χ2n) is 8.12. The molecule has 0 saturated heterocycles. The van der Waals surface area contributed by atoms with Gasteiger partial charge in [-0.25, -0.2) is 0 Å². The molecule has 128 valence electrons. The van der Waals surface area contributed by atoms with E-state index in [9.17, 15) is 14.7 Å². The van der Waals surface area contributed by atoms with Gasteiger partial charge in [0.15, 0.2) is 0 Å². The molecule has 2 aliphatic rings. The molecule has 2 rings (SSSR count). The number of hydrogen-bond acceptors (Lipinski definition) is 3. The van der Waals surface area contributed by atoms with Crippen LogP contribution in [0.3, 0.4) is 0 Å². The van der Waals surface area contributed by atoms with Crippen molar-refractivity contribution in [2.45, 2.75) is 65.9 Å². The molecule has 0 aromatic heterocycles. The van der Waals surface area contributed by atoms with Gasteiger partial charge < -0.3 is 9.90 Å². The Morgan fingerprint density at radius 2 is 2.04 bits per heavy atom. The third kappa shape index (κ3) is 3.08. The SMILES string of the molecule is CC(C)=CCC[C@]1(C)CC[C@@H](O)[C@]2(C)[C@@H](C=O)C(C=O)=CC[C@@H]12. The molecule has 0 aromatic rings. The number of rotatable bonds is 5. The maximum Gasteiger partial charge on any atom is 0.146 e. The van der Waals surface area contributed by atoms with Gasteiger partial charge in [0.05, 0.1) is 12.0 Å². The van der Waals surface area contributed by atoms with Crippen LogP contribution in [0.4, 0.5) is 0 Å². The molecule has 5 atom stereocenters. The fourth-order valence-corrected chi connectivity index (χ4v) is 4.97. The summed E-state index contributed by atoms with van der Waals surface area (Å²) in [6.07, 6.45) is 9.87. The van der Waals surface area contributed by atoms with Crippen molar-refractivity contribution >= 4 is 12.6 Å². The van der Waals surface area contributed by atoms with Gasteiger partial charge in [0.2, 0.25) is 0 Å². The monoisotopic (exact) mass is 318 g/mol. The van der Waals surface area contributed by atoms with E-state index in [0.717, 1.165) is 38.3 Å². The van der Waals surface area contributed by atoms with Gasteiger partial charge in [-0.3, -0.25) is 4.79 Å². The van der Waals surface area contributed by atoms with Gasteiger partial charge in [-0.2, -0.15) is 0 Å². The summed E-state index contributed by atoms with van der Waals surface area (Å²) in [5, 5.41) is 10.7. The first-order chi connectivity index (χ1) is 10.8. The highest BCUT2D eigenvalue weighted by Gasteiger charge is 2.58. The van der Waals surface area contributed by atoms with E-state index >= 15 is 0 Å². The van der Waals surface area contributed by atoms with Crippen molar-refractivity contribution in [2.24, 2.45) is 22.7 Å². The zero-order chi connectivity index (χ0) is 17.3. The third-order valence-electron chi connectivity index (χ3n) is 6.46. The predicted octanol–water partition coefficient (Wildman–Crippen LogP) is 3.86. The average molecular weight is 318 g/mol. The number of hydrogen-bond donors (Lipinski definition) is 1. The molecule has 0 radical (unpaired) electrons. The Hall–Kier alpha value is -1.22. The van der Waals surface area contributed by atoms with Crippen molar-refractivity contribution in [3.63, 3.8) is 0 Å². The van der Waals surface area contributed by atoms with Gasteiger partial charge in [0, 0.05) is 5.41 Å². The number of allylic oxidation sites excluding steroid dienone is 4. The molecule has 2 aliphatic carbocycles. The van der Waals surface area contributed by atoms with Crippen LogP contribution in [0.2, 0.25) is 0 Å². The van der Waals surface area contributed by atoms with Crippen LogP contribution in [0.25, 0.3) is 0 Å². The molecule has 1 saturated carbocycles. The average Bonchev–Trinajstić information content (AvgIpc) is 2.50. The number of fused-ring (bicyclic) bond motifs is 1. The Balaban J connectivity index is 2.37. The highest BCUT2D eigenvalue weighted by atomic mass is 16.3. The molecule has 0 aromatic carbocycles. The van der Waals surface area contributed by atoms with E-state index in [2.05, 4.69) is 26.8 Å². The lowest BCUT2D eigenvalue weighted by molar-refractivity contribution is -0.147. The summed E-state index contributed by atoms with van der Waals surface area (Å²) in [4.78, 5) is 23.1. The van der Waals surface area contributed by atoms with E-state index < -0.39 is 17.4 Å². The Kier molecular flexibility index (Phi) is 5.30. The minimum atomic E-state index is -0.537. The van der Waals surface area contributed by atoms with Crippen LogP contribution in [0.1, 0.15) is 59.8 Å². The summed E-state index contributed by atoms with van der Waals surface area (Å²) in [6, 6.07) is 0. The van der Waals surface area contributed by atoms with E-state index in [1.165, 1.54) is 5.57 Å². The number of aliphatic hydroxyl groups is 1. The summed E-state index contributed by atoms with van der Waals surface area (Å²) in [6.45, 7) is 8.52. The van der Waals surface area contributed by atoms with Crippen LogP contribution in [-0.2, 0) is 9.59 Å². The van der Waals surface area contributed by atoms with Crippen molar-refractivity contribution in [1.82, 2.24) is 0 Å². The molecule has 3 nitrogen and oxygen atoms in total. The summed E-state index contributed by atoms with van der Waals surface area (Å²) in [7, 11) is 0. The first kappa shape index (κ1) is 18.1. The van der Waals surface area contributed by atoms with E-state index in [1.807, 2.05) is 13.0 Å². The van der Waals surface area contributed by atoms with Gasteiger partial charge >= 0.3 is 0 Å². The number of carbonyl (C=O) groups excluding carboxylic acids is 2. The van der Waals surface area contributed by atoms with Crippen LogP contribution in [0.5, 0.6) is 0 Å². The van der Waals surface area contributed by atoms with Crippen molar-refractivity contribution in [1.29, 1.82) is 0 Å². The van der Waals surface area contributed by atoms with Crippen LogP contribution in [0, 0.1) is 22.7 Å². The second-order valence-corrected chi connectivity index (χ2v) is 8.12. The summed E-state index contributed by atoms with van der Waals surface area (Å²) in [5.41, 5.74) is 1.42. The van der Waals surface area contributed by atoms with Crippen molar-refractivity contribution < 1.29 is 14.7 Å². The first-order valence-electron chi connectivity index (χ1n) is 8.71. The number of carbonyl (C=O) groups is 2. The lowest BCUT2D eigenvalue weighted by atomic mass is 9.46. The maximum atomic E-state index is 11.7. The molecule has 1 fully saturated rings. The van der Waals surface area contributed by atoms with Gasteiger partial charge in [-0.05, 0) is 62.9 Å². The summed E-state index contributed by atoms with van der Waals surface area (Å²) >= 11 is 0. The Bertz CT molecular complexity index is 529. The highest BCUT2D eigenvalue weighted by molar-refractivity contribution is 5.82. The van der Waals surface area contributed by atoms with Gasteiger partial charge in [-0.1, -0.05) is 31.6 Å². The normalized spacial score (nSPS) is 39.9. The van der Waals surface area contributed by atoms with Gasteiger partial charge in [0.25, 0.3) is 0 Å². The molecule has 0 spiro atoms. The van der Waals surface area contributed by atoms with Gasteiger partial charge in [-0.15, -0.1) is 0 Å². The lowest BCUT2D eigenvalue weighted by Gasteiger charge is -2.58. The van der Waals surface area contributed by atoms with E-state index in [0.29, 0.717) is 12.0 Å².